The summed E-state index contributed by atoms with van der Waals surface area (Å²) < 4.78 is 5.64. The second-order valence-electron chi connectivity index (χ2n) is 5.35. The summed E-state index contributed by atoms with van der Waals surface area (Å²) in [6.07, 6.45) is 3.72. The van der Waals surface area contributed by atoms with Crippen LogP contribution in [0.25, 0.3) is 0 Å². The molecular weight excluding hydrogens is 260 g/mol. The van der Waals surface area contributed by atoms with Gasteiger partial charge in [-0.15, -0.1) is 0 Å². The van der Waals surface area contributed by atoms with Gasteiger partial charge in [0.05, 0.1) is 6.10 Å². The molecule has 3 nitrogen and oxygen atoms in total. The van der Waals surface area contributed by atoms with E-state index in [1.165, 1.54) is 12.8 Å². The highest BCUT2D eigenvalue weighted by atomic mass is 35.5. The van der Waals surface area contributed by atoms with E-state index in [1.807, 2.05) is 24.3 Å². The van der Waals surface area contributed by atoms with Crippen LogP contribution in [0.5, 0.6) is 0 Å². The Bertz CT molecular complexity index is 393. The van der Waals surface area contributed by atoms with Crippen molar-refractivity contribution < 1.29 is 4.74 Å². The van der Waals surface area contributed by atoms with Gasteiger partial charge in [-0.1, -0.05) is 23.7 Å². The van der Waals surface area contributed by atoms with Crippen LogP contribution in [0, 0.1) is 0 Å². The summed E-state index contributed by atoms with van der Waals surface area (Å²) in [5.74, 6) is 0. The fraction of sp³-hybridized carbons (Fsp3) is 0.600. The molecule has 2 atom stereocenters. The van der Waals surface area contributed by atoms with Crippen molar-refractivity contribution in [1.29, 1.82) is 0 Å². The molecule has 0 aromatic heterocycles. The fourth-order valence-corrected chi connectivity index (χ4v) is 2.69. The Morgan fingerprint density at radius 3 is 3.05 bits per heavy atom. The molecule has 19 heavy (non-hydrogen) atoms. The van der Waals surface area contributed by atoms with Crippen LogP contribution in [0.15, 0.2) is 24.3 Å². The molecule has 0 saturated carbocycles. The second-order valence-corrected chi connectivity index (χ2v) is 5.78. The molecule has 2 unspecified atom stereocenters. The third kappa shape index (κ3) is 4.77. The molecule has 0 bridgehead atoms. The van der Waals surface area contributed by atoms with E-state index in [-0.39, 0.29) is 6.04 Å². The third-order valence-corrected chi connectivity index (χ3v) is 3.87. The van der Waals surface area contributed by atoms with Gasteiger partial charge in [0.2, 0.25) is 0 Å². The van der Waals surface area contributed by atoms with Gasteiger partial charge >= 0.3 is 0 Å². The number of likely N-dealkylation sites (N-methyl/N-ethyl adjacent to an activating group) is 1. The third-order valence-electron chi connectivity index (χ3n) is 3.64. The smallest absolute Gasteiger partial charge is 0.0702 e. The Hall–Kier alpha value is -0.610. The Balaban J connectivity index is 1.74. The van der Waals surface area contributed by atoms with Crippen molar-refractivity contribution >= 4 is 11.6 Å². The Morgan fingerprint density at radius 1 is 1.53 bits per heavy atom. The normalized spacial score (nSPS) is 20.9. The molecule has 2 N–H and O–H groups in total. The lowest BCUT2D eigenvalue weighted by Gasteiger charge is -2.22. The molecule has 0 spiro atoms. The summed E-state index contributed by atoms with van der Waals surface area (Å²) >= 11 is 5.98. The largest absolute Gasteiger partial charge is 0.377 e. The van der Waals surface area contributed by atoms with Crippen molar-refractivity contribution in [3.8, 4) is 0 Å². The lowest BCUT2D eigenvalue weighted by molar-refractivity contribution is 0.0804. The van der Waals surface area contributed by atoms with E-state index in [0.29, 0.717) is 6.10 Å². The number of rotatable bonds is 6. The van der Waals surface area contributed by atoms with Crippen LogP contribution in [-0.4, -0.2) is 37.7 Å². The Labute approximate surface area is 120 Å². The quantitative estimate of drug-likeness (QED) is 0.872. The van der Waals surface area contributed by atoms with Gasteiger partial charge in [0, 0.05) is 24.2 Å². The zero-order valence-corrected chi connectivity index (χ0v) is 12.3. The second kappa shape index (κ2) is 7.25. The van der Waals surface area contributed by atoms with Crippen molar-refractivity contribution in [2.24, 2.45) is 5.73 Å². The van der Waals surface area contributed by atoms with Gasteiger partial charge < -0.3 is 15.4 Å². The number of halogens is 1. The average Bonchev–Trinajstić information content (AvgIpc) is 2.88. The van der Waals surface area contributed by atoms with Gasteiger partial charge in [-0.05, 0) is 50.6 Å². The van der Waals surface area contributed by atoms with Crippen molar-refractivity contribution in [3.63, 3.8) is 0 Å². The minimum atomic E-state index is 0.0469. The van der Waals surface area contributed by atoms with Gasteiger partial charge in [-0.2, -0.15) is 0 Å². The van der Waals surface area contributed by atoms with E-state index < -0.39 is 0 Å². The first-order valence-electron chi connectivity index (χ1n) is 6.96. The molecule has 1 aliphatic heterocycles. The molecule has 1 aromatic rings. The van der Waals surface area contributed by atoms with Crippen LogP contribution < -0.4 is 5.73 Å². The van der Waals surface area contributed by atoms with E-state index in [2.05, 4.69) is 11.9 Å². The monoisotopic (exact) mass is 282 g/mol. The highest BCUT2D eigenvalue weighted by Gasteiger charge is 2.17. The van der Waals surface area contributed by atoms with Gasteiger partial charge in [-0.25, -0.2) is 0 Å². The fourth-order valence-electron chi connectivity index (χ4n) is 2.49. The lowest BCUT2D eigenvalue weighted by atomic mass is 10.0. The SMILES string of the molecule is CN(CCC(N)c1cccc(Cl)c1)CC1CCCO1. The topological polar surface area (TPSA) is 38.5 Å². The number of benzene rings is 1. The van der Waals surface area contributed by atoms with Crippen LogP contribution in [0.2, 0.25) is 5.02 Å². The average molecular weight is 283 g/mol. The number of hydrogen-bond donors (Lipinski definition) is 1. The maximum Gasteiger partial charge on any atom is 0.0702 e. The first kappa shape index (κ1) is 14.8. The molecule has 1 saturated heterocycles. The summed E-state index contributed by atoms with van der Waals surface area (Å²) in [5.41, 5.74) is 7.31. The van der Waals surface area contributed by atoms with Crippen LogP contribution >= 0.6 is 11.6 Å². The molecule has 1 fully saturated rings. The number of hydrogen-bond acceptors (Lipinski definition) is 3. The first-order valence-corrected chi connectivity index (χ1v) is 7.34. The van der Waals surface area contributed by atoms with Crippen molar-refractivity contribution in [3.05, 3.63) is 34.9 Å². The number of nitrogens with zero attached hydrogens (tertiary/aromatic N) is 1. The summed E-state index contributed by atoms with van der Waals surface area (Å²) in [5, 5.41) is 0.751. The van der Waals surface area contributed by atoms with E-state index in [4.69, 9.17) is 22.1 Å². The van der Waals surface area contributed by atoms with Crippen molar-refractivity contribution in [1.82, 2.24) is 4.90 Å². The number of ether oxygens (including phenoxy) is 1. The van der Waals surface area contributed by atoms with Crippen LogP contribution in [0.4, 0.5) is 0 Å². The van der Waals surface area contributed by atoms with Crippen LogP contribution in [0.1, 0.15) is 30.9 Å². The molecule has 0 aliphatic carbocycles. The van der Waals surface area contributed by atoms with Gasteiger partial charge in [-0.3, -0.25) is 0 Å². The van der Waals surface area contributed by atoms with Crippen molar-refractivity contribution in [2.45, 2.75) is 31.4 Å². The molecule has 1 aromatic carbocycles. The first-order chi connectivity index (χ1) is 9.15. The maximum atomic E-state index is 6.20. The van der Waals surface area contributed by atoms with Crippen LogP contribution in [-0.2, 0) is 4.74 Å². The zero-order chi connectivity index (χ0) is 13.7. The summed E-state index contributed by atoms with van der Waals surface area (Å²) in [6, 6.07) is 7.86. The standard InChI is InChI=1S/C15H23ClN2O/c1-18(11-14-6-3-9-19-14)8-7-15(17)12-4-2-5-13(16)10-12/h2,4-5,10,14-15H,3,6-9,11,17H2,1H3. The zero-order valence-electron chi connectivity index (χ0n) is 11.5. The predicted molar refractivity (Wildman–Crippen MR) is 79.5 cm³/mol. The lowest BCUT2D eigenvalue weighted by Crippen LogP contribution is -2.31. The molecule has 2 rings (SSSR count). The molecule has 1 aliphatic rings. The van der Waals surface area contributed by atoms with Gasteiger partial charge in [0.15, 0.2) is 0 Å². The number of nitrogens with two attached hydrogens (primary N) is 1. The molecule has 0 radical (unpaired) electrons. The minimum absolute atomic E-state index is 0.0469. The summed E-state index contributed by atoms with van der Waals surface area (Å²) in [4.78, 5) is 2.31. The highest BCUT2D eigenvalue weighted by molar-refractivity contribution is 6.30. The summed E-state index contributed by atoms with van der Waals surface area (Å²) in [7, 11) is 2.13. The van der Waals surface area contributed by atoms with Crippen LogP contribution in [0.3, 0.4) is 0 Å². The molecule has 106 valence electrons. The molecule has 0 amide bonds. The molecular formula is C15H23ClN2O. The van der Waals surface area contributed by atoms with Gasteiger partial charge in [0.25, 0.3) is 0 Å². The van der Waals surface area contributed by atoms with E-state index in [9.17, 15) is 0 Å². The molecule has 4 heteroatoms. The van der Waals surface area contributed by atoms with E-state index in [1.54, 1.807) is 0 Å². The predicted octanol–water partition coefficient (Wildman–Crippen LogP) is 2.84. The Kier molecular flexibility index (Phi) is 5.64. The maximum absolute atomic E-state index is 6.20. The van der Waals surface area contributed by atoms with E-state index >= 15 is 0 Å². The minimum Gasteiger partial charge on any atom is -0.377 e. The molecule has 1 heterocycles. The Morgan fingerprint density at radius 2 is 2.37 bits per heavy atom. The van der Waals surface area contributed by atoms with Gasteiger partial charge in [0.1, 0.15) is 0 Å². The van der Waals surface area contributed by atoms with Crippen molar-refractivity contribution in [2.75, 3.05) is 26.7 Å². The highest BCUT2D eigenvalue weighted by Crippen LogP contribution is 2.19. The van der Waals surface area contributed by atoms with E-state index in [0.717, 1.165) is 36.7 Å². The summed E-state index contributed by atoms with van der Waals surface area (Å²) in [6.45, 7) is 2.90.